The van der Waals surface area contributed by atoms with Crippen molar-refractivity contribution in [2.24, 2.45) is 0 Å². The number of hydrogen-bond donors (Lipinski definition) is 0. The molecule has 0 bridgehead atoms. The van der Waals surface area contributed by atoms with E-state index in [1.807, 2.05) is 44.2 Å². The van der Waals surface area contributed by atoms with Crippen LogP contribution >= 0.6 is 0 Å². The second kappa shape index (κ2) is 6.43. The van der Waals surface area contributed by atoms with Gasteiger partial charge >= 0.3 is 0 Å². The van der Waals surface area contributed by atoms with Gasteiger partial charge in [-0.3, -0.25) is 0 Å². The molecule has 3 nitrogen and oxygen atoms in total. The minimum atomic E-state index is 0.773. The number of rotatable bonds is 5. The molecule has 0 fully saturated rings. The molecule has 88 valence electrons. The van der Waals surface area contributed by atoms with Gasteiger partial charge in [0.2, 0.25) is 0 Å². The summed E-state index contributed by atoms with van der Waals surface area (Å²) < 4.78 is 0. The molecule has 0 aliphatic heterocycles. The largest absolute Gasteiger partial charge is 0.151 e. The molecule has 1 rings (SSSR count). The second-order valence-corrected chi connectivity index (χ2v) is 3.27. The molecule has 0 saturated carbocycles. The standard InChI is InChI=1S/C14H17N3/c1-5-9-11-12(7-3)17-15-13(8-4)14(16-17)10-6-2/h5-11H,1,4H2,2-3H3/b10-6-,11-9-,12-7+. The van der Waals surface area contributed by atoms with Crippen molar-refractivity contribution < 1.29 is 0 Å². The zero-order chi connectivity index (χ0) is 12.7. The van der Waals surface area contributed by atoms with E-state index >= 15 is 0 Å². The van der Waals surface area contributed by atoms with E-state index in [1.165, 1.54) is 0 Å². The third kappa shape index (κ3) is 3.14. The Morgan fingerprint density at radius 1 is 1.18 bits per heavy atom. The topological polar surface area (TPSA) is 30.7 Å². The van der Waals surface area contributed by atoms with Crippen molar-refractivity contribution in [3.05, 3.63) is 54.9 Å². The molecule has 1 aromatic heterocycles. The normalized spacial score (nSPS) is 12.5. The first-order valence-electron chi connectivity index (χ1n) is 5.45. The van der Waals surface area contributed by atoms with Gasteiger partial charge in [-0.05, 0) is 32.1 Å². The van der Waals surface area contributed by atoms with Crippen LogP contribution in [0.25, 0.3) is 17.8 Å². The van der Waals surface area contributed by atoms with E-state index in [9.17, 15) is 0 Å². The lowest BCUT2D eigenvalue weighted by Gasteiger charge is -1.97. The molecule has 0 saturated heterocycles. The van der Waals surface area contributed by atoms with Crippen LogP contribution in [0.15, 0.2) is 43.5 Å². The molecular formula is C14H17N3. The molecule has 0 unspecified atom stereocenters. The van der Waals surface area contributed by atoms with Crippen LogP contribution in [-0.2, 0) is 0 Å². The molecule has 0 atom stereocenters. The van der Waals surface area contributed by atoms with E-state index in [2.05, 4.69) is 23.4 Å². The minimum absolute atomic E-state index is 0.773. The van der Waals surface area contributed by atoms with Crippen molar-refractivity contribution in [3.63, 3.8) is 0 Å². The number of nitrogens with zero attached hydrogens (tertiary/aromatic N) is 3. The molecule has 0 aliphatic rings. The van der Waals surface area contributed by atoms with Gasteiger partial charge < -0.3 is 0 Å². The highest BCUT2D eigenvalue weighted by atomic mass is 15.5. The molecule has 3 heteroatoms. The minimum Gasteiger partial charge on any atom is -0.151 e. The summed E-state index contributed by atoms with van der Waals surface area (Å²) in [4.78, 5) is 1.59. The van der Waals surface area contributed by atoms with E-state index in [-0.39, 0.29) is 0 Å². The predicted molar refractivity (Wildman–Crippen MR) is 74.1 cm³/mol. The van der Waals surface area contributed by atoms with E-state index in [1.54, 1.807) is 16.9 Å². The van der Waals surface area contributed by atoms with Crippen molar-refractivity contribution >= 4 is 17.8 Å². The summed E-state index contributed by atoms with van der Waals surface area (Å²) in [6, 6.07) is 0. The van der Waals surface area contributed by atoms with Crippen molar-refractivity contribution in [2.45, 2.75) is 13.8 Å². The van der Waals surface area contributed by atoms with Crippen molar-refractivity contribution in [1.82, 2.24) is 15.0 Å². The van der Waals surface area contributed by atoms with Crippen molar-refractivity contribution in [3.8, 4) is 0 Å². The van der Waals surface area contributed by atoms with Crippen LogP contribution in [0.1, 0.15) is 25.2 Å². The fraction of sp³-hybridized carbons (Fsp3) is 0.143. The Hall–Kier alpha value is -2.16. The summed E-state index contributed by atoms with van der Waals surface area (Å²) in [5.41, 5.74) is 2.48. The van der Waals surface area contributed by atoms with Crippen LogP contribution < -0.4 is 0 Å². The smallest absolute Gasteiger partial charge is 0.113 e. The maximum Gasteiger partial charge on any atom is 0.113 e. The molecule has 0 aromatic carbocycles. The number of allylic oxidation sites excluding steroid dienone is 6. The second-order valence-electron chi connectivity index (χ2n) is 3.27. The quantitative estimate of drug-likeness (QED) is 0.720. The molecule has 1 aromatic rings. The lowest BCUT2D eigenvalue weighted by atomic mass is 10.3. The number of aromatic nitrogens is 3. The van der Waals surface area contributed by atoms with E-state index in [0.29, 0.717) is 0 Å². The first-order chi connectivity index (χ1) is 8.26. The maximum atomic E-state index is 4.39. The zero-order valence-electron chi connectivity index (χ0n) is 10.3. The summed E-state index contributed by atoms with van der Waals surface area (Å²) in [6.45, 7) is 11.3. The molecule has 0 radical (unpaired) electrons. The van der Waals surface area contributed by atoms with Gasteiger partial charge in [0.25, 0.3) is 0 Å². The van der Waals surface area contributed by atoms with Crippen LogP contribution in [0.4, 0.5) is 0 Å². The van der Waals surface area contributed by atoms with Crippen LogP contribution in [0.3, 0.4) is 0 Å². The van der Waals surface area contributed by atoms with Crippen molar-refractivity contribution in [2.75, 3.05) is 0 Å². The molecule has 0 aliphatic carbocycles. The average molecular weight is 227 g/mol. The van der Waals surface area contributed by atoms with Gasteiger partial charge in [0.1, 0.15) is 11.4 Å². The highest BCUT2D eigenvalue weighted by molar-refractivity contribution is 5.61. The molecule has 0 amide bonds. The summed E-state index contributed by atoms with van der Waals surface area (Å²) in [5, 5.41) is 8.74. The van der Waals surface area contributed by atoms with Crippen LogP contribution in [-0.4, -0.2) is 15.0 Å². The van der Waals surface area contributed by atoms with Gasteiger partial charge in [-0.15, -0.1) is 10.2 Å². The highest BCUT2D eigenvalue weighted by Crippen LogP contribution is 2.11. The van der Waals surface area contributed by atoms with Gasteiger partial charge in [-0.2, -0.15) is 4.80 Å². The van der Waals surface area contributed by atoms with Crippen LogP contribution in [0.2, 0.25) is 0 Å². The van der Waals surface area contributed by atoms with E-state index < -0.39 is 0 Å². The molecule has 17 heavy (non-hydrogen) atoms. The third-order valence-corrected chi connectivity index (χ3v) is 2.12. The summed E-state index contributed by atoms with van der Waals surface area (Å²) >= 11 is 0. The Kier molecular flexibility index (Phi) is 4.88. The van der Waals surface area contributed by atoms with E-state index in [4.69, 9.17) is 0 Å². The van der Waals surface area contributed by atoms with Gasteiger partial charge in [0.05, 0.1) is 5.70 Å². The van der Waals surface area contributed by atoms with Gasteiger partial charge in [0, 0.05) is 0 Å². The molecule has 0 spiro atoms. The lowest BCUT2D eigenvalue weighted by Crippen LogP contribution is -1.99. The monoisotopic (exact) mass is 227 g/mol. The predicted octanol–water partition coefficient (Wildman–Crippen LogP) is 3.56. The van der Waals surface area contributed by atoms with Crippen LogP contribution in [0, 0.1) is 0 Å². The number of hydrogen-bond acceptors (Lipinski definition) is 2. The SMILES string of the molecule is C=C/C=C\C(=C/C)n1nc(C=C)c(/C=C\C)n1. The average Bonchev–Trinajstić information content (AvgIpc) is 2.74. The highest BCUT2D eigenvalue weighted by Gasteiger charge is 2.06. The summed E-state index contributed by atoms with van der Waals surface area (Å²) in [5.74, 6) is 0. The van der Waals surface area contributed by atoms with Crippen LogP contribution in [0.5, 0.6) is 0 Å². The first kappa shape index (κ1) is 12.9. The van der Waals surface area contributed by atoms with Gasteiger partial charge in [-0.1, -0.05) is 37.5 Å². The first-order valence-corrected chi connectivity index (χ1v) is 5.45. The summed E-state index contributed by atoms with van der Waals surface area (Å²) in [7, 11) is 0. The fourth-order valence-electron chi connectivity index (χ4n) is 1.31. The Bertz CT molecular complexity index is 488. The zero-order valence-corrected chi connectivity index (χ0v) is 10.3. The van der Waals surface area contributed by atoms with Crippen molar-refractivity contribution in [1.29, 1.82) is 0 Å². The maximum absolute atomic E-state index is 4.39. The Balaban J connectivity index is 3.18. The Labute approximate surface area is 102 Å². The molecular weight excluding hydrogens is 210 g/mol. The molecule has 1 heterocycles. The van der Waals surface area contributed by atoms with Gasteiger partial charge in [0.15, 0.2) is 0 Å². The summed E-state index contributed by atoms with van der Waals surface area (Å²) in [6.07, 6.45) is 12.9. The van der Waals surface area contributed by atoms with Gasteiger partial charge in [-0.25, -0.2) is 0 Å². The Morgan fingerprint density at radius 3 is 2.41 bits per heavy atom. The fourth-order valence-corrected chi connectivity index (χ4v) is 1.31. The lowest BCUT2D eigenvalue weighted by molar-refractivity contribution is 0.772. The van der Waals surface area contributed by atoms with E-state index in [0.717, 1.165) is 17.1 Å². The third-order valence-electron chi connectivity index (χ3n) is 2.12. The molecule has 0 N–H and O–H groups in total. The Morgan fingerprint density at radius 2 is 1.88 bits per heavy atom.